The first kappa shape index (κ1) is 14.3. The molecule has 1 atom stereocenters. The van der Waals surface area contributed by atoms with Crippen molar-refractivity contribution in [1.82, 2.24) is 4.98 Å². The highest BCUT2D eigenvalue weighted by molar-refractivity contribution is 7.17. The molecule has 0 saturated heterocycles. The van der Waals surface area contributed by atoms with E-state index in [1.165, 1.54) is 24.2 Å². The number of hydrogen-bond acceptors (Lipinski definition) is 4. The Morgan fingerprint density at radius 3 is 2.68 bits per heavy atom. The third-order valence-corrected chi connectivity index (χ3v) is 4.86. The monoisotopic (exact) mass is 282 g/mol. The Balaban J connectivity index is 2.26. The lowest BCUT2D eigenvalue weighted by Crippen LogP contribution is -2.25. The molecule has 1 unspecified atom stereocenters. The third kappa shape index (κ3) is 3.26. The Labute approximate surface area is 118 Å². The van der Waals surface area contributed by atoms with E-state index in [9.17, 15) is 9.90 Å². The number of carboxylic acid groups (broad SMARTS) is 1. The molecule has 0 bridgehead atoms. The molecule has 1 aromatic heterocycles. The van der Waals surface area contributed by atoms with Crippen LogP contribution in [-0.4, -0.2) is 29.1 Å². The van der Waals surface area contributed by atoms with Crippen LogP contribution in [0.1, 0.15) is 61.3 Å². The lowest BCUT2D eigenvalue weighted by molar-refractivity contribution is 0.0700. The van der Waals surface area contributed by atoms with E-state index < -0.39 is 5.97 Å². The quantitative estimate of drug-likeness (QED) is 0.830. The van der Waals surface area contributed by atoms with Gasteiger partial charge in [0.25, 0.3) is 0 Å². The minimum Gasteiger partial charge on any atom is -0.477 e. The average molecular weight is 282 g/mol. The lowest BCUT2D eigenvalue weighted by atomic mass is 10.0. The van der Waals surface area contributed by atoms with Crippen LogP contribution in [0, 0.1) is 5.92 Å². The van der Waals surface area contributed by atoms with Crippen molar-refractivity contribution in [2.24, 2.45) is 5.92 Å². The van der Waals surface area contributed by atoms with Crippen LogP contribution >= 0.6 is 11.3 Å². The van der Waals surface area contributed by atoms with Crippen molar-refractivity contribution in [1.29, 1.82) is 0 Å². The summed E-state index contributed by atoms with van der Waals surface area (Å²) in [4.78, 5) is 18.6. The average Bonchev–Trinajstić information content (AvgIpc) is 3.10. The highest BCUT2D eigenvalue weighted by atomic mass is 32.1. The molecule has 5 heteroatoms. The largest absolute Gasteiger partial charge is 0.477 e. The second-order valence-electron chi connectivity index (χ2n) is 5.31. The Hall–Kier alpha value is -1.10. The van der Waals surface area contributed by atoms with Crippen molar-refractivity contribution >= 4 is 22.4 Å². The Morgan fingerprint density at radius 2 is 2.21 bits per heavy atom. The van der Waals surface area contributed by atoms with Crippen molar-refractivity contribution in [2.45, 2.75) is 46.0 Å². The molecule has 0 aromatic carbocycles. The van der Waals surface area contributed by atoms with Crippen molar-refractivity contribution in [2.75, 3.05) is 18.0 Å². The highest BCUT2D eigenvalue weighted by Gasteiger charge is 2.27. The third-order valence-electron chi connectivity index (χ3n) is 3.74. The van der Waals surface area contributed by atoms with Crippen LogP contribution in [0.3, 0.4) is 0 Å². The number of aromatic carboxylic acids is 1. The number of hydrogen-bond donors (Lipinski definition) is 1. The second kappa shape index (κ2) is 5.90. The van der Waals surface area contributed by atoms with E-state index in [-0.39, 0.29) is 5.92 Å². The van der Waals surface area contributed by atoms with Gasteiger partial charge in [0.15, 0.2) is 5.13 Å². The lowest BCUT2D eigenvalue weighted by Gasteiger charge is -2.19. The van der Waals surface area contributed by atoms with Crippen molar-refractivity contribution in [3.63, 3.8) is 0 Å². The normalized spacial score (nSPS) is 16.4. The molecule has 4 nitrogen and oxygen atoms in total. The van der Waals surface area contributed by atoms with Crippen LogP contribution < -0.4 is 4.90 Å². The van der Waals surface area contributed by atoms with Gasteiger partial charge in [0.2, 0.25) is 0 Å². The fourth-order valence-electron chi connectivity index (χ4n) is 2.09. The van der Waals surface area contributed by atoms with Gasteiger partial charge in [0, 0.05) is 13.1 Å². The van der Waals surface area contributed by atoms with Crippen LogP contribution in [-0.2, 0) is 0 Å². The molecule has 0 spiro atoms. The van der Waals surface area contributed by atoms with E-state index in [4.69, 9.17) is 0 Å². The molecule has 1 N–H and O–H groups in total. The molecule has 19 heavy (non-hydrogen) atoms. The van der Waals surface area contributed by atoms with Crippen LogP contribution in [0.4, 0.5) is 5.13 Å². The Morgan fingerprint density at radius 1 is 1.53 bits per heavy atom. The summed E-state index contributed by atoms with van der Waals surface area (Å²) < 4.78 is 0. The fourth-order valence-corrected chi connectivity index (χ4v) is 3.19. The molecule has 1 saturated carbocycles. The first-order valence-corrected chi connectivity index (χ1v) is 7.87. The summed E-state index contributed by atoms with van der Waals surface area (Å²) >= 11 is 1.33. The molecule has 0 aliphatic heterocycles. The van der Waals surface area contributed by atoms with Gasteiger partial charge < -0.3 is 10.0 Å². The van der Waals surface area contributed by atoms with Crippen LogP contribution in [0.5, 0.6) is 0 Å². The van der Waals surface area contributed by atoms with Gasteiger partial charge >= 0.3 is 5.97 Å². The van der Waals surface area contributed by atoms with E-state index in [1.807, 2.05) is 6.92 Å². The van der Waals surface area contributed by atoms with E-state index in [1.54, 1.807) is 0 Å². The first-order chi connectivity index (χ1) is 9.06. The fraction of sp³-hybridized carbons (Fsp3) is 0.714. The molecular formula is C14H22N2O2S. The predicted octanol–water partition coefficient (Wildman–Crippen LogP) is 3.59. The maximum absolute atomic E-state index is 11.4. The van der Waals surface area contributed by atoms with Gasteiger partial charge in [-0.1, -0.05) is 25.2 Å². The van der Waals surface area contributed by atoms with E-state index in [2.05, 4.69) is 23.7 Å². The smallest absolute Gasteiger partial charge is 0.347 e. The summed E-state index contributed by atoms with van der Waals surface area (Å²) in [5, 5.41) is 10.2. The molecule has 2 rings (SSSR count). The summed E-state index contributed by atoms with van der Waals surface area (Å²) in [6, 6.07) is 0. The molecule has 1 aliphatic carbocycles. The molecule has 0 radical (unpaired) electrons. The standard InChI is InChI=1S/C14H22N2O2S/c1-4-9(3)11-12(13(17)18)19-14(15-11)16(5-2)8-10-6-7-10/h9-10H,4-8H2,1-3H3,(H,17,18). The summed E-state index contributed by atoms with van der Waals surface area (Å²) in [5.74, 6) is 0.140. The van der Waals surface area contributed by atoms with Gasteiger partial charge in [0.05, 0.1) is 5.69 Å². The Bertz CT molecular complexity index is 454. The van der Waals surface area contributed by atoms with Crippen LogP contribution in [0.2, 0.25) is 0 Å². The number of aromatic nitrogens is 1. The maximum atomic E-state index is 11.4. The van der Waals surface area contributed by atoms with Gasteiger partial charge in [-0.05, 0) is 38.0 Å². The molecule has 106 valence electrons. The van der Waals surface area contributed by atoms with Crippen LogP contribution in [0.15, 0.2) is 0 Å². The Kier molecular flexibility index (Phi) is 4.45. The summed E-state index contributed by atoms with van der Waals surface area (Å²) in [5.41, 5.74) is 0.754. The van der Waals surface area contributed by atoms with Crippen molar-refractivity contribution in [3.8, 4) is 0 Å². The van der Waals surface area contributed by atoms with Gasteiger partial charge in [0.1, 0.15) is 4.88 Å². The number of thiazole rings is 1. The minimum atomic E-state index is -0.846. The zero-order valence-corrected chi connectivity index (χ0v) is 12.7. The van der Waals surface area contributed by atoms with Crippen molar-refractivity contribution < 1.29 is 9.90 Å². The molecule has 1 fully saturated rings. The number of anilines is 1. The minimum absolute atomic E-state index is 0.204. The molecule has 1 aliphatic rings. The number of nitrogens with zero attached hydrogens (tertiary/aromatic N) is 2. The maximum Gasteiger partial charge on any atom is 0.347 e. The molecular weight excluding hydrogens is 260 g/mol. The van der Waals surface area contributed by atoms with E-state index in [0.717, 1.165) is 36.3 Å². The SMILES string of the molecule is CCC(C)c1nc(N(CC)CC2CC2)sc1C(=O)O. The van der Waals surface area contributed by atoms with Gasteiger partial charge in [-0.25, -0.2) is 9.78 Å². The number of carboxylic acids is 1. The number of rotatable bonds is 7. The van der Waals surface area contributed by atoms with Crippen molar-refractivity contribution in [3.05, 3.63) is 10.6 Å². The predicted molar refractivity (Wildman–Crippen MR) is 78.4 cm³/mol. The van der Waals surface area contributed by atoms with Gasteiger partial charge in [-0.15, -0.1) is 0 Å². The van der Waals surface area contributed by atoms with Gasteiger partial charge in [-0.3, -0.25) is 0 Å². The summed E-state index contributed by atoms with van der Waals surface area (Å²) in [7, 11) is 0. The second-order valence-corrected chi connectivity index (χ2v) is 6.28. The zero-order valence-electron chi connectivity index (χ0n) is 11.8. The number of carbonyl (C=O) groups is 1. The molecule has 0 amide bonds. The first-order valence-electron chi connectivity index (χ1n) is 7.05. The molecule has 1 heterocycles. The topological polar surface area (TPSA) is 53.4 Å². The van der Waals surface area contributed by atoms with Gasteiger partial charge in [-0.2, -0.15) is 0 Å². The van der Waals surface area contributed by atoms with E-state index >= 15 is 0 Å². The summed E-state index contributed by atoms with van der Waals surface area (Å²) in [6.45, 7) is 8.12. The summed E-state index contributed by atoms with van der Waals surface area (Å²) in [6.07, 6.45) is 3.51. The highest BCUT2D eigenvalue weighted by Crippen LogP contribution is 2.35. The van der Waals surface area contributed by atoms with Crippen LogP contribution in [0.25, 0.3) is 0 Å². The molecule has 1 aromatic rings. The zero-order chi connectivity index (χ0) is 14.0. The van der Waals surface area contributed by atoms with E-state index in [0.29, 0.717) is 4.88 Å².